The molecule has 0 heterocycles. The van der Waals surface area contributed by atoms with Crippen molar-refractivity contribution < 1.29 is 98.0 Å². The van der Waals surface area contributed by atoms with E-state index in [4.69, 9.17) is 30.4 Å². The lowest BCUT2D eigenvalue weighted by Gasteiger charge is -2.38. The smallest absolute Gasteiger partial charge is 0.457 e. The first-order chi connectivity index (χ1) is 37.7. The molecule has 8 aromatic carbocycles. The summed E-state index contributed by atoms with van der Waals surface area (Å²) in [5, 5.41) is 2.90. The predicted octanol–water partition coefficient (Wildman–Crippen LogP) is 18.7. The van der Waals surface area contributed by atoms with Crippen molar-refractivity contribution in [1.82, 2.24) is 0 Å². The molecule has 0 amide bonds. The molecule has 0 unspecified atom stereocenters. The van der Waals surface area contributed by atoms with Crippen LogP contribution in [-0.2, 0) is 17.8 Å². The number of para-hydroxylation sites is 4. The van der Waals surface area contributed by atoms with Crippen LogP contribution >= 0.6 is 0 Å². The summed E-state index contributed by atoms with van der Waals surface area (Å²) in [5.41, 5.74) is 0.702. The maximum Gasteiger partial charge on any atom is 0.482 e. The van der Waals surface area contributed by atoms with E-state index in [1.54, 1.807) is 60.7 Å². The van der Waals surface area contributed by atoms with Gasteiger partial charge in [-0.1, -0.05) is 72.8 Å². The molecule has 0 aromatic heterocycles. The Morgan fingerprint density at radius 1 is 0.309 bits per heavy atom. The van der Waals surface area contributed by atoms with Gasteiger partial charge in [-0.3, -0.25) is 10.6 Å². The Labute approximate surface area is 446 Å². The van der Waals surface area contributed by atoms with E-state index in [9.17, 15) is 79.0 Å². The van der Waals surface area contributed by atoms with Crippen LogP contribution in [0.25, 0.3) is 11.1 Å². The standard InChI is InChI=1S/C29H18F12N2O2.C26H18F6N2O2/c30-26(31,32)21-13-19(9-11-23(21)42)44-17-5-1-15(2-6-17)25(28(36,37)38,29(39,40)41)16-3-7-18(8-4-16)45-20-10-12-24(43)22(14-20)27(33,34)35;27-25(28,29)33-21-5-1-3-7-23(21)35-19-13-9-17(10-14-19)18-11-15-20(16-12-18)36-24-8-4-2-6-22(24)34-26(30,31)32/h1-14H,42-43H2;1-16,33-34H. The fourth-order valence-electron chi connectivity index (χ4n) is 7.80. The van der Waals surface area contributed by atoms with Crippen molar-refractivity contribution in [3.05, 3.63) is 204 Å². The second-order valence-electron chi connectivity index (χ2n) is 17.0. The summed E-state index contributed by atoms with van der Waals surface area (Å²) in [6.45, 7) is 0. The molecule has 26 heteroatoms. The van der Waals surface area contributed by atoms with Gasteiger partial charge in [0.1, 0.15) is 34.5 Å². The summed E-state index contributed by atoms with van der Waals surface area (Å²) < 4.78 is 264. The van der Waals surface area contributed by atoms with Crippen LogP contribution in [0.4, 0.5) is 102 Å². The number of alkyl halides is 18. The summed E-state index contributed by atoms with van der Waals surface area (Å²) in [6, 6.07) is 34.2. The van der Waals surface area contributed by atoms with E-state index < -0.39 is 87.8 Å². The van der Waals surface area contributed by atoms with E-state index in [-0.39, 0.29) is 34.4 Å². The van der Waals surface area contributed by atoms with Gasteiger partial charge >= 0.3 is 37.3 Å². The highest BCUT2D eigenvalue weighted by Crippen LogP contribution is 2.57. The number of nitrogens with two attached hydrogens (primary N) is 2. The molecule has 0 aliphatic rings. The molecule has 426 valence electrons. The van der Waals surface area contributed by atoms with Crippen molar-refractivity contribution in [1.29, 1.82) is 0 Å². The van der Waals surface area contributed by atoms with Crippen LogP contribution in [0.2, 0.25) is 0 Å². The number of hydrogen-bond acceptors (Lipinski definition) is 8. The number of halogens is 18. The monoisotopic (exact) mass is 1160 g/mol. The summed E-state index contributed by atoms with van der Waals surface area (Å²) >= 11 is 0. The van der Waals surface area contributed by atoms with Gasteiger partial charge in [0.05, 0.1) is 22.5 Å². The van der Waals surface area contributed by atoms with Gasteiger partial charge in [-0.2, -0.15) is 79.0 Å². The molecule has 0 radical (unpaired) electrons. The highest BCUT2D eigenvalue weighted by Gasteiger charge is 2.72. The minimum Gasteiger partial charge on any atom is -0.457 e. The predicted molar refractivity (Wildman–Crippen MR) is 262 cm³/mol. The number of nitrogens with one attached hydrogen (secondary N) is 2. The van der Waals surface area contributed by atoms with Crippen molar-refractivity contribution in [2.45, 2.75) is 42.7 Å². The second-order valence-corrected chi connectivity index (χ2v) is 17.0. The third-order valence-corrected chi connectivity index (χ3v) is 11.4. The molecule has 8 nitrogen and oxygen atoms in total. The zero-order chi connectivity index (χ0) is 59.3. The number of nitrogen functional groups attached to an aromatic ring is 2. The quantitative estimate of drug-likeness (QED) is 0.0513. The van der Waals surface area contributed by atoms with Crippen molar-refractivity contribution >= 4 is 22.7 Å². The van der Waals surface area contributed by atoms with Gasteiger partial charge in [0.2, 0.25) is 5.41 Å². The Morgan fingerprint density at radius 2 is 0.593 bits per heavy atom. The van der Waals surface area contributed by atoms with Crippen LogP contribution in [0.1, 0.15) is 22.3 Å². The molecule has 0 aliphatic carbocycles. The first-order valence-corrected chi connectivity index (χ1v) is 22.8. The van der Waals surface area contributed by atoms with Crippen LogP contribution < -0.4 is 41.0 Å². The van der Waals surface area contributed by atoms with Gasteiger partial charge in [-0.05, 0) is 131 Å². The van der Waals surface area contributed by atoms with Crippen LogP contribution in [-0.4, -0.2) is 25.0 Å². The van der Waals surface area contributed by atoms with Crippen molar-refractivity contribution in [3.63, 3.8) is 0 Å². The van der Waals surface area contributed by atoms with E-state index in [0.717, 1.165) is 35.4 Å². The SMILES string of the molecule is FC(F)(F)Nc1ccccc1Oc1ccc(-c2ccc(Oc3ccccc3NC(F)(F)F)cc2)cc1.Nc1ccc(Oc2ccc(C(c3ccc(Oc4ccc(N)c(C(F)(F)F)c4)cc3)(C(F)(F)F)C(F)(F)F)cc2)cc1C(F)(F)F. The third-order valence-electron chi connectivity index (χ3n) is 11.4. The molecular weight excluding hydrogens is 1120 g/mol. The normalized spacial score (nSPS) is 12.4. The molecule has 0 spiro atoms. The number of benzene rings is 8. The Balaban J connectivity index is 0.000000239. The largest absolute Gasteiger partial charge is 0.482 e. The van der Waals surface area contributed by atoms with Crippen LogP contribution in [0.3, 0.4) is 0 Å². The zero-order valence-corrected chi connectivity index (χ0v) is 40.4. The second kappa shape index (κ2) is 22.9. The molecule has 0 bridgehead atoms. The van der Waals surface area contributed by atoms with Gasteiger partial charge in [-0.15, -0.1) is 0 Å². The molecule has 0 atom stereocenters. The number of anilines is 4. The van der Waals surface area contributed by atoms with Crippen molar-refractivity contribution in [2.24, 2.45) is 0 Å². The average molecular weight is 1160 g/mol. The molecular formula is C55H36F18N4O4. The zero-order valence-electron chi connectivity index (χ0n) is 40.4. The molecule has 0 saturated heterocycles. The lowest BCUT2D eigenvalue weighted by atomic mass is 9.73. The van der Waals surface area contributed by atoms with Gasteiger partial charge in [0.25, 0.3) is 0 Å². The van der Waals surface area contributed by atoms with Gasteiger partial charge in [0.15, 0.2) is 11.5 Å². The maximum atomic E-state index is 14.5. The Bertz CT molecular complexity index is 3190. The Kier molecular flexibility index (Phi) is 16.9. The number of ether oxygens (including phenoxy) is 4. The molecule has 8 rings (SSSR count). The molecule has 8 aromatic rings. The molecule has 81 heavy (non-hydrogen) atoms. The highest BCUT2D eigenvalue weighted by atomic mass is 19.4. The number of hydrogen-bond donors (Lipinski definition) is 4. The Morgan fingerprint density at radius 3 is 0.889 bits per heavy atom. The van der Waals surface area contributed by atoms with Gasteiger partial charge in [0, 0.05) is 11.4 Å². The number of rotatable bonds is 13. The minimum absolute atomic E-state index is 0.0179. The van der Waals surface area contributed by atoms with E-state index in [0.29, 0.717) is 72.2 Å². The molecule has 0 fully saturated rings. The van der Waals surface area contributed by atoms with E-state index in [2.05, 4.69) is 0 Å². The molecule has 0 aliphatic heterocycles. The molecule has 6 N–H and O–H groups in total. The van der Waals surface area contributed by atoms with E-state index >= 15 is 0 Å². The third kappa shape index (κ3) is 14.8. The summed E-state index contributed by atoms with van der Waals surface area (Å²) in [7, 11) is 0. The fourth-order valence-corrected chi connectivity index (χ4v) is 7.80. The maximum absolute atomic E-state index is 14.5. The van der Waals surface area contributed by atoms with Crippen molar-refractivity contribution in [3.8, 4) is 57.1 Å². The molecule has 0 saturated carbocycles. The van der Waals surface area contributed by atoms with Gasteiger partial charge < -0.3 is 30.4 Å². The minimum atomic E-state index is -5.99. The lowest BCUT2D eigenvalue weighted by molar-refractivity contribution is -0.288. The van der Waals surface area contributed by atoms with E-state index in [1.165, 1.54) is 47.0 Å². The Hall–Kier alpha value is -9.10. The van der Waals surface area contributed by atoms with Crippen LogP contribution in [0.15, 0.2) is 182 Å². The fraction of sp³-hybridized carbons (Fsp3) is 0.127. The first kappa shape index (κ1) is 59.6. The van der Waals surface area contributed by atoms with E-state index in [1.807, 2.05) is 0 Å². The van der Waals surface area contributed by atoms with Crippen LogP contribution in [0.5, 0.6) is 46.0 Å². The lowest BCUT2D eigenvalue weighted by Crippen LogP contribution is -2.54. The van der Waals surface area contributed by atoms with Gasteiger partial charge in [-0.25, -0.2) is 0 Å². The first-order valence-electron chi connectivity index (χ1n) is 22.8. The average Bonchev–Trinajstić information content (AvgIpc) is 3.34. The topological polar surface area (TPSA) is 113 Å². The van der Waals surface area contributed by atoms with Crippen LogP contribution in [0, 0.1) is 0 Å². The summed E-state index contributed by atoms with van der Waals surface area (Å²) in [4.78, 5) is 0. The summed E-state index contributed by atoms with van der Waals surface area (Å²) in [5.74, 6) is -0.954. The van der Waals surface area contributed by atoms with Crippen molar-refractivity contribution in [2.75, 3.05) is 22.1 Å². The summed E-state index contributed by atoms with van der Waals surface area (Å²) in [6.07, 6.45) is -30.9. The highest BCUT2D eigenvalue weighted by molar-refractivity contribution is 5.66.